The Labute approximate surface area is 199 Å². The summed E-state index contributed by atoms with van der Waals surface area (Å²) in [4.78, 5) is 23.5. The summed E-state index contributed by atoms with van der Waals surface area (Å²) in [6, 6.07) is 3.47. The summed E-state index contributed by atoms with van der Waals surface area (Å²) in [5.41, 5.74) is 1.56. The van der Waals surface area contributed by atoms with Crippen LogP contribution in [0.3, 0.4) is 0 Å². The van der Waals surface area contributed by atoms with E-state index in [1.165, 1.54) is 22.7 Å². The lowest BCUT2D eigenvalue weighted by Gasteiger charge is -2.45. The molecule has 1 aliphatic rings. The van der Waals surface area contributed by atoms with Crippen molar-refractivity contribution in [2.45, 2.75) is 57.7 Å². The van der Waals surface area contributed by atoms with Crippen molar-refractivity contribution in [1.82, 2.24) is 30.0 Å². The molecule has 0 amide bonds. The number of halogens is 1. The summed E-state index contributed by atoms with van der Waals surface area (Å²) < 4.78 is 7.80. The van der Waals surface area contributed by atoms with Gasteiger partial charge in [0, 0.05) is 47.9 Å². The van der Waals surface area contributed by atoms with Gasteiger partial charge in [-0.05, 0) is 39.3 Å². The normalized spacial score (nSPS) is 17.9. The van der Waals surface area contributed by atoms with Crippen LogP contribution in [0.5, 0.6) is 5.19 Å². The average Bonchev–Trinajstić information content (AvgIpc) is 3.34. The van der Waals surface area contributed by atoms with Gasteiger partial charge in [-0.1, -0.05) is 22.7 Å². The summed E-state index contributed by atoms with van der Waals surface area (Å²) >= 11 is 2.82. The summed E-state index contributed by atoms with van der Waals surface area (Å²) in [5.74, 6) is 0. The van der Waals surface area contributed by atoms with Gasteiger partial charge < -0.3 is 10.1 Å². The molecule has 8 nitrogen and oxygen atoms in total. The number of nitrogens with one attached hydrogen (secondary N) is 2. The largest absolute Gasteiger partial charge is 0.466 e. The number of hydrogen-bond acceptors (Lipinski definition) is 8. The zero-order valence-corrected chi connectivity index (χ0v) is 20.7. The maximum atomic E-state index is 12.6. The van der Waals surface area contributed by atoms with Crippen LogP contribution in [0.1, 0.15) is 40.5 Å². The molecule has 0 bridgehead atoms. The number of hydrogen-bond donors (Lipinski definition) is 2. The van der Waals surface area contributed by atoms with Crippen LogP contribution >= 0.6 is 35.1 Å². The van der Waals surface area contributed by atoms with Crippen LogP contribution in [0.15, 0.2) is 35.5 Å². The fraction of sp³-hybridized carbons (Fsp3) is 0.429. The highest BCUT2D eigenvalue weighted by Crippen LogP contribution is 2.36. The molecule has 170 valence electrons. The Balaban J connectivity index is 0.00000245. The molecule has 5 heterocycles. The molecule has 1 saturated heterocycles. The lowest BCUT2D eigenvalue weighted by molar-refractivity contribution is 0.0559. The third kappa shape index (κ3) is 4.59. The lowest BCUT2D eigenvalue weighted by Crippen LogP contribution is -2.60. The molecule has 1 fully saturated rings. The zero-order valence-electron chi connectivity index (χ0n) is 18.2. The molecule has 4 aromatic heterocycles. The second-order valence-electron chi connectivity index (χ2n) is 9.24. The summed E-state index contributed by atoms with van der Waals surface area (Å²) in [6.07, 6.45) is 7.12. The van der Waals surface area contributed by atoms with E-state index < -0.39 is 0 Å². The van der Waals surface area contributed by atoms with Crippen molar-refractivity contribution < 1.29 is 4.74 Å². The topological polar surface area (TPSA) is 97.7 Å². The second-order valence-corrected chi connectivity index (χ2v) is 11.1. The van der Waals surface area contributed by atoms with E-state index >= 15 is 0 Å². The van der Waals surface area contributed by atoms with Crippen molar-refractivity contribution >= 4 is 44.7 Å². The van der Waals surface area contributed by atoms with Gasteiger partial charge >= 0.3 is 0 Å². The monoisotopic (exact) mass is 492 g/mol. The molecule has 11 heteroatoms. The van der Waals surface area contributed by atoms with Crippen LogP contribution in [0, 0.1) is 0 Å². The number of rotatable bonds is 4. The van der Waals surface area contributed by atoms with E-state index in [2.05, 4.69) is 53.2 Å². The molecule has 0 saturated carbocycles. The van der Waals surface area contributed by atoms with Gasteiger partial charge in [0.15, 0.2) is 14.8 Å². The predicted octanol–water partition coefficient (Wildman–Crippen LogP) is 4.40. The van der Waals surface area contributed by atoms with Gasteiger partial charge in [-0.25, -0.2) is 4.98 Å². The zero-order chi connectivity index (χ0) is 21.8. The van der Waals surface area contributed by atoms with E-state index in [0.717, 1.165) is 33.6 Å². The SMILES string of the molecule is CC1(C)CC(Oc2nc3sc(-n4ccc(-c5cn[nH]c5)cc4=O)nc3s2)CC(C)(C)N1.Cl. The molecule has 0 aliphatic carbocycles. The number of pyridine rings is 1. The van der Waals surface area contributed by atoms with Gasteiger partial charge in [0.2, 0.25) is 0 Å². The van der Waals surface area contributed by atoms with Gasteiger partial charge in [-0.3, -0.25) is 14.5 Å². The number of H-pyrrole nitrogens is 1. The van der Waals surface area contributed by atoms with Crippen LogP contribution in [0.4, 0.5) is 0 Å². The average molecular weight is 493 g/mol. The van der Waals surface area contributed by atoms with E-state index in [0.29, 0.717) is 10.3 Å². The van der Waals surface area contributed by atoms with Crippen LogP contribution < -0.4 is 15.6 Å². The Morgan fingerprint density at radius 2 is 1.81 bits per heavy atom. The molecule has 0 aromatic carbocycles. The number of piperidine rings is 1. The van der Waals surface area contributed by atoms with E-state index in [-0.39, 0.29) is 35.1 Å². The Hall–Kier alpha value is -2.27. The summed E-state index contributed by atoms with van der Waals surface area (Å²) in [5, 5.41) is 11.6. The molecular weight excluding hydrogens is 468 g/mol. The van der Waals surface area contributed by atoms with Crippen molar-refractivity contribution in [2.75, 3.05) is 0 Å². The van der Waals surface area contributed by atoms with Gasteiger partial charge in [0.25, 0.3) is 10.8 Å². The smallest absolute Gasteiger partial charge is 0.276 e. The molecule has 1 aliphatic heterocycles. The van der Waals surface area contributed by atoms with Crippen LogP contribution in [0.2, 0.25) is 0 Å². The highest BCUT2D eigenvalue weighted by Gasteiger charge is 2.39. The Morgan fingerprint density at radius 3 is 2.44 bits per heavy atom. The molecule has 0 radical (unpaired) electrons. The van der Waals surface area contributed by atoms with Gasteiger partial charge in [0.1, 0.15) is 6.10 Å². The maximum absolute atomic E-state index is 12.6. The minimum Gasteiger partial charge on any atom is -0.466 e. The van der Waals surface area contributed by atoms with Crippen LogP contribution in [0.25, 0.3) is 25.9 Å². The molecule has 32 heavy (non-hydrogen) atoms. The van der Waals surface area contributed by atoms with E-state index in [4.69, 9.17) is 4.74 Å². The number of ether oxygens (including phenoxy) is 1. The van der Waals surface area contributed by atoms with Crippen LogP contribution in [-0.4, -0.2) is 41.9 Å². The van der Waals surface area contributed by atoms with E-state index in [9.17, 15) is 4.79 Å². The molecular formula is C21H25ClN6O2S2. The minimum atomic E-state index is -0.143. The highest BCUT2D eigenvalue weighted by atomic mass is 35.5. The third-order valence-electron chi connectivity index (χ3n) is 5.32. The first-order valence-corrected chi connectivity index (χ1v) is 11.8. The fourth-order valence-electron chi connectivity index (χ4n) is 4.45. The first kappa shape index (κ1) is 22.9. The fourth-order valence-corrected chi connectivity index (χ4v) is 6.38. The summed E-state index contributed by atoms with van der Waals surface area (Å²) in [7, 11) is 0. The first-order chi connectivity index (χ1) is 14.7. The second kappa shape index (κ2) is 8.26. The van der Waals surface area contributed by atoms with E-state index in [1.54, 1.807) is 29.2 Å². The molecule has 0 atom stereocenters. The number of fused-ring (bicyclic) bond motifs is 1. The maximum Gasteiger partial charge on any atom is 0.276 e. The van der Waals surface area contributed by atoms with Gasteiger partial charge in [0.05, 0.1) is 6.20 Å². The minimum absolute atomic E-state index is 0. The van der Waals surface area contributed by atoms with Crippen molar-refractivity contribution in [2.24, 2.45) is 0 Å². The molecule has 0 unspecified atom stereocenters. The van der Waals surface area contributed by atoms with Gasteiger partial charge in [-0.2, -0.15) is 10.1 Å². The quantitative estimate of drug-likeness (QED) is 0.438. The molecule has 4 aromatic rings. The first-order valence-electron chi connectivity index (χ1n) is 10.1. The third-order valence-corrected chi connectivity index (χ3v) is 7.24. The lowest BCUT2D eigenvalue weighted by atomic mass is 9.81. The van der Waals surface area contributed by atoms with Crippen molar-refractivity contribution in [1.29, 1.82) is 0 Å². The Kier molecular flexibility index (Phi) is 5.91. The Bertz CT molecular complexity index is 1240. The Morgan fingerprint density at radius 1 is 1.09 bits per heavy atom. The van der Waals surface area contributed by atoms with Crippen molar-refractivity contribution in [3.8, 4) is 21.5 Å². The van der Waals surface area contributed by atoms with Gasteiger partial charge in [-0.15, -0.1) is 12.4 Å². The number of thiazole rings is 2. The number of aromatic amines is 1. The van der Waals surface area contributed by atoms with Crippen molar-refractivity contribution in [3.05, 3.63) is 41.1 Å². The van der Waals surface area contributed by atoms with E-state index in [1.807, 2.05) is 6.07 Å². The molecule has 0 spiro atoms. The van der Waals surface area contributed by atoms with Crippen LogP contribution in [-0.2, 0) is 0 Å². The number of nitrogens with zero attached hydrogens (tertiary/aromatic N) is 4. The molecule has 5 rings (SSSR count). The van der Waals surface area contributed by atoms with Crippen molar-refractivity contribution in [3.63, 3.8) is 0 Å². The molecule has 2 N–H and O–H groups in total. The highest BCUT2D eigenvalue weighted by molar-refractivity contribution is 7.28. The predicted molar refractivity (Wildman–Crippen MR) is 131 cm³/mol. The summed E-state index contributed by atoms with van der Waals surface area (Å²) in [6.45, 7) is 8.81. The standard InChI is InChI=1S/C21H24N6O2S2.ClH/c1-20(2)8-14(9-21(3,4)26-20)29-19-25-17-16(31-19)24-18(30-17)27-6-5-12(7-15(27)28)13-10-22-23-11-13;/h5-7,10-11,14,26H,8-9H2,1-4H3,(H,22,23);1H. The number of aromatic nitrogens is 5.